The molecule has 3 atom stereocenters. The van der Waals surface area contributed by atoms with Crippen LogP contribution in [0, 0.1) is 11.8 Å². The quantitative estimate of drug-likeness (QED) is 0.857. The molecule has 0 spiro atoms. The van der Waals surface area contributed by atoms with Gasteiger partial charge in [0.15, 0.2) is 0 Å². The number of hydrogen-bond donors (Lipinski definition) is 1. The van der Waals surface area contributed by atoms with Crippen molar-refractivity contribution >= 4 is 17.5 Å². The zero-order valence-electron chi connectivity index (χ0n) is 9.66. The van der Waals surface area contributed by atoms with Gasteiger partial charge >= 0.3 is 0 Å². The molecule has 0 heterocycles. The molecule has 2 bridgehead atoms. The first-order chi connectivity index (χ1) is 8.22. The Balaban J connectivity index is 1.65. The lowest BCUT2D eigenvalue weighted by atomic mass is 9.95. The molecule has 0 saturated heterocycles. The summed E-state index contributed by atoms with van der Waals surface area (Å²) in [6.45, 7) is 0. The number of amides is 1. The fraction of sp³-hybridized carbons (Fsp3) is 0.500. The van der Waals surface area contributed by atoms with E-state index in [1.165, 1.54) is 25.7 Å². The highest BCUT2D eigenvalue weighted by Crippen LogP contribution is 2.44. The van der Waals surface area contributed by atoms with Gasteiger partial charge in [-0.25, -0.2) is 0 Å². The first-order valence-corrected chi connectivity index (χ1v) is 6.66. The van der Waals surface area contributed by atoms with Gasteiger partial charge in [0.2, 0.25) is 0 Å². The fourth-order valence-electron chi connectivity index (χ4n) is 3.27. The highest BCUT2D eigenvalue weighted by Gasteiger charge is 2.40. The standard InChI is InChI=1S/C14H16ClNO/c15-12-5-3-10(4-6-12)14(17)16-13-8-9-1-2-11(13)7-9/h3-6,9,11,13H,1-2,7-8H2,(H,16,17)/t9-,11-,13-/m0/s1. The van der Waals surface area contributed by atoms with E-state index < -0.39 is 0 Å². The Morgan fingerprint density at radius 3 is 2.53 bits per heavy atom. The number of carbonyl (C=O) groups excluding carboxylic acids is 1. The van der Waals surface area contributed by atoms with Crippen LogP contribution < -0.4 is 5.32 Å². The highest BCUT2D eigenvalue weighted by atomic mass is 35.5. The lowest BCUT2D eigenvalue weighted by Crippen LogP contribution is -2.38. The van der Waals surface area contributed by atoms with Gasteiger partial charge in [-0.15, -0.1) is 0 Å². The van der Waals surface area contributed by atoms with E-state index in [0.717, 1.165) is 11.8 Å². The topological polar surface area (TPSA) is 29.1 Å². The number of fused-ring (bicyclic) bond motifs is 2. The number of nitrogens with one attached hydrogen (secondary N) is 1. The van der Waals surface area contributed by atoms with E-state index in [9.17, 15) is 4.79 Å². The third-order valence-electron chi connectivity index (χ3n) is 4.16. The third-order valence-corrected chi connectivity index (χ3v) is 4.41. The molecule has 1 aromatic rings. The summed E-state index contributed by atoms with van der Waals surface area (Å²) in [7, 11) is 0. The maximum Gasteiger partial charge on any atom is 0.251 e. The molecule has 1 amide bonds. The Kier molecular flexibility index (Phi) is 2.83. The molecule has 2 fully saturated rings. The van der Waals surface area contributed by atoms with E-state index in [4.69, 9.17) is 11.6 Å². The fourth-order valence-corrected chi connectivity index (χ4v) is 3.40. The maximum absolute atomic E-state index is 12.0. The van der Waals surface area contributed by atoms with Crippen molar-refractivity contribution in [3.8, 4) is 0 Å². The zero-order valence-corrected chi connectivity index (χ0v) is 10.4. The zero-order chi connectivity index (χ0) is 11.8. The van der Waals surface area contributed by atoms with E-state index in [2.05, 4.69) is 5.32 Å². The van der Waals surface area contributed by atoms with Crippen LogP contribution >= 0.6 is 11.6 Å². The van der Waals surface area contributed by atoms with Crippen LogP contribution in [-0.4, -0.2) is 11.9 Å². The van der Waals surface area contributed by atoms with Crippen LogP contribution in [0.4, 0.5) is 0 Å². The Labute approximate surface area is 106 Å². The van der Waals surface area contributed by atoms with Gasteiger partial charge in [0.05, 0.1) is 0 Å². The van der Waals surface area contributed by atoms with Gasteiger partial charge in [-0.1, -0.05) is 18.0 Å². The molecule has 3 heteroatoms. The second-order valence-electron chi connectivity index (χ2n) is 5.26. The van der Waals surface area contributed by atoms with Crippen LogP contribution in [0.3, 0.4) is 0 Å². The summed E-state index contributed by atoms with van der Waals surface area (Å²) in [6.07, 6.45) is 5.13. The van der Waals surface area contributed by atoms with Crippen LogP contribution in [0.2, 0.25) is 5.02 Å². The first-order valence-electron chi connectivity index (χ1n) is 6.29. The molecule has 2 aliphatic rings. The predicted molar refractivity (Wildman–Crippen MR) is 68.2 cm³/mol. The molecule has 17 heavy (non-hydrogen) atoms. The first kappa shape index (κ1) is 11.1. The molecule has 0 aliphatic heterocycles. The van der Waals surface area contributed by atoms with Gasteiger partial charge in [-0.2, -0.15) is 0 Å². The van der Waals surface area contributed by atoms with Gasteiger partial charge in [0.25, 0.3) is 5.91 Å². The minimum absolute atomic E-state index is 0.0409. The van der Waals surface area contributed by atoms with Crippen LogP contribution in [0.5, 0.6) is 0 Å². The third kappa shape index (κ3) is 2.19. The summed E-state index contributed by atoms with van der Waals surface area (Å²) >= 11 is 5.81. The molecule has 1 N–H and O–H groups in total. The van der Waals surface area contributed by atoms with Crippen LogP contribution in [-0.2, 0) is 0 Å². The summed E-state index contributed by atoms with van der Waals surface area (Å²) < 4.78 is 0. The average molecular weight is 250 g/mol. The molecule has 0 aromatic heterocycles. The van der Waals surface area contributed by atoms with Gasteiger partial charge in [-0.3, -0.25) is 4.79 Å². The number of halogens is 1. The summed E-state index contributed by atoms with van der Waals surface area (Å²) in [6, 6.07) is 7.49. The van der Waals surface area contributed by atoms with Crippen molar-refractivity contribution in [2.75, 3.05) is 0 Å². The normalized spacial score (nSPS) is 30.5. The maximum atomic E-state index is 12.0. The van der Waals surface area contributed by atoms with Crippen molar-refractivity contribution in [3.05, 3.63) is 34.9 Å². The molecular formula is C14H16ClNO. The molecule has 90 valence electrons. The number of benzene rings is 1. The largest absolute Gasteiger partial charge is 0.349 e. The van der Waals surface area contributed by atoms with E-state index >= 15 is 0 Å². The van der Waals surface area contributed by atoms with Gasteiger partial charge in [0.1, 0.15) is 0 Å². The summed E-state index contributed by atoms with van der Waals surface area (Å²) in [5.74, 6) is 1.62. The predicted octanol–water partition coefficient (Wildman–Crippen LogP) is 3.26. The van der Waals surface area contributed by atoms with Crippen molar-refractivity contribution in [3.63, 3.8) is 0 Å². The van der Waals surface area contributed by atoms with Gasteiger partial charge in [-0.05, 0) is 55.4 Å². The van der Waals surface area contributed by atoms with Crippen molar-refractivity contribution in [2.24, 2.45) is 11.8 Å². The van der Waals surface area contributed by atoms with Crippen molar-refractivity contribution < 1.29 is 4.79 Å². The summed E-state index contributed by atoms with van der Waals surface area (Å²) in [4.78, 5) is 12.0. The SMILES string of the molecule is O=C(N[C@H]1C[C@H]2CC[C@H]1C2)c1ccc(Cl)cc1. The van der Waals surface area contributed by atoms with E-state index in [0.29, 0.717) is 16.6 Å². The molecule has 2 aliphatic carbocycles. The molecule has 1 aromatic carbocycles. The smallest absolute Gasteiger partial charge is 0.251 e. The summed E-state index contributed by atoms with van der Waals surface area (Å²) in [5.41, 5.74) is 0.706. The lowest BCUT2D eigenvalue weighted by Gasteiger charge is -2.22. The minimum Gasteiger partial charge on any atom is -0.349 e. The monoisotopic (exact) mass is 249 g/mol. The molecular weight excluding hydrogens is 234 g/mol. The molecule has 2 saturated carbocycles. The van der Waals surface area contributed by atoms with E-state index in [-0.39, 0.29) is 5.91 Å². The second kappa shape index (κ2) is 4.34. The lowest BCUT2D eigenvalue weighted by molar-refractivity contribution is 0.0923. The minimum atomic E-state index is 0.0409. The van der Waals surface area contributed by atoms with Crippen LogP contribution in [0.25, 0.3) is 0 Å². The van der Waals surface area contributed by atoms with Gasteiger partial charge < -0.3 is 5.32 Å². The molecule has 0 unspecified atom stereocenters. The molecule has 2 nitrogen and oxygen atoms in total. The number of carbonyl (C=O) groups is 1. The van der Waals surface area contributed by atoms with Crippen molar-refractivity contribution in [2.45, 2.75) is 31.7 Å². The highest BCUT2D eigenvalue weighted by molar-refractivity contribution is 6.30. The van der Waals surface area contributed by atoms with Crippen LogP contribution in [0.1, 0.15) is 36.0 Å². The van der Waals surface area contributed by atoms with E-state index in [1.807, 2.05) is 0 Å². The van der Waals surface area contributed by atoms with E-state index in [1.54, 1.807) is 24.3 Å². The summed E-state index contributed by atoms with van der Waals surface area (Å²) in [5, 5.41) is 3.83. The number of rotatable bonds is 2. The Morgan fingerprint density at radius 1 is 1.18 bits per heavy atom. The van der Waals surface area contributed by atoms with Crippen molar-refractivity contribution in [1.82, 2.24) is 5.32 Å². The van der Waals surface area contributed by atoms with Gasteiger partial charge in [0, 0.05) is 16.6 Å². The molecule has 0 radical (unpaired) electrons. The Hall–Kier alpha value is -1.02. The van der Waals surface area contributed by atoms with Crippen LogP contribution in [0.15, 0.2) is 24.3 Å². The Bertz CT molecular complexity index is 428. The number of hydrogen-bond acceptors (Lipinski definition) is 1. The molecule has 3 rings (SSSR count). The Morgan fingerprint density at radius 2 is 1.94 bits per heavy atom. The van der Waals surface area contributed by atoms with Crippen molar-refractivity contribution in [1.29, 1.82) is 0 Å². The average Bonchev–Trinajstić information content (AvgIpc) is 2.91. The second-order valence-corrected chi connectivity index (χ2v) is 5.70.